The van der Waals surface area contributed by atoms with Gasteiger partial charge >= 0.3 is 0 Å². The Bertz CT molecular complexity index is 1130. The molecule has 31 heavy (non-hydrogen) atoms. The van der Waals surface area contributed by atoms with Crippen LogP contribution in [0.15, 0.2) is 84.6 Å². The Kier molecular flexibility index (Phi) is 5.67. The maximum atomic E-state index is 13.3. The number of amides is 2. The van der Waals surface area contributed by atoms with Crippen molar-refractivity contribution in [1.82, 2.24) is 4.90 Å². The molecule has 1 heterocycles. The molecule has 156 valence electrons. The van der Waals surface area contributed by atoms with Crippen molar-refractivity contribution < 1.29 is 14.0 Å². The van der Waals surface area contributed by atoms with Gasteiger partial charge in [0.2, 0.25) is 0 Å². The maximum Gasteiger partial charge on any atom is 0.278 e. The highest BCUT2D eigenvalue weighted by Gasteiger charge is 2.39. The van der Waals surface area contributed by atoms with E-state index in [-0.39, 0.29) is 24.0 Å². The number of anilines is 1. The molecule has 0 saturated heterocycles. The second-order valence-electron chi connectivity index (χ2n) is 7.84. The van der Waals surface area contributed by atoms with Gasteiger partial charge in [0.15, 0.2) is 0 Å². The SMILES string of the molecule is CC(C)c1ccc(NC2=C(c3ccccc3)C(=O)N(Cc3ccc(F)cc3)C2=O)cc1. The lowest BCUT2D eigenvalue weighted by Gasteiger charge is -2.15. The van der Waals surface area contributed by atoms with E-state index >= 15 is 0 Å². The molecule has 4 rings (SSSR count). The largest absolute Gasteiger partial charge is 0.350 e. The molecular formula is C26H23FN2O2. The van der Waals surface area contributed by atoms with Gasteiger partial charge in [-0.25, -0.2) is 4.39 Å². The Balaban J connectivity index is 1.69. The smallest absolute Gasteiger partial charge is 0.278 e. The van der Waals surface area contributed by atoms with Gasteiger partial charge in [-0.2, -0.15) is 0 Å². The fraction of sp³-hybridized carbons (Fsp3) is 0.154. The van der Waals surface area contributed by atoms with Gasteiger partial charge in [-0.15, -0.1) is 0 Å². The van der Waals surface area contributed by atoms with E-state index in [1.54, 1.807) is 12.1 Å². The van der Waals surface area contributed by atoms with Crippen LogP contribution in [0.3, 0.4) is 0 Å². The molecule has 4 nitrogen and oxygen atoms in total. The van der Waals surface area contributed by atoms with Crippen LogP contribution in [0.25, 0.3) is 5.57 Å². The third kappa shape index (κ3) is 4.26. The monoisotopic (exact) mass is 414 g/mol. The molecule has 0 spiro atoms. The highest BCUT2D eigenvalue weighted by molar-refractivity contribution is 6.36. The molecule has 0 aliphatic carbocycles. The Morgan fingerprint density at radius 2 is 1.48 bits per heavy atom. The van der Waals surface area contributed by atoms with Crippen molar-refractivity contribution in [3.63, 3.8) is 0 Å². The van der Waals surface area contributed by atoms with Gasteiger partial charge in [0.25, 0.3) is 11.8 Å². The Hall–Kier alpha value is -3.73. The molecule has 1 N–H and O–H groups in total. The number of imide groups is 1. The van der Waals surface area contributed by atoms with Crippen molar-refractivity contribution >= 4 is 23.1 Å². The lowest BCUT2D eigenvalue weighted by atomic mass is 10.0. The fourth-order valence-corrected chi connectivity index (χ4v) is 3.58. The number of nitrogens with one attached hydrogen (secondary N) is 1. The number of rotatable bonds is 6. The van der Waals surface area contributed by atoms with Crippen LogP contribution in [0.5, 0.6) is 0 Å². The lowest BCUT2D eigenvalue weighted by molar-refractivity contribution is -0.137. The predicted molar refractivity (Wildman–Crippen MR) is 119 cm³/mol. The molecule has 0 saturated carbocycles. The summed E-state index contributed by atoms with van der Waals surface area (Å²) in [7, 11) is 0. The van der Waals surface area contributed by atoms with Crippen molar-refractivity contribution in [3.8, 4) is 0 Å². The second-order valence-corrected chi connectivity index (χ2v) is 7.84. The van der Waals surface area contributed by atoms with Crippen LogP contribution in [0, 0.1) is 5.82 Å². The van der Waals surface area contributed by atoms with Crippen molar-refractivity contribution in [2.45, 2.75) is 26.3 Å². The number of hydrogen-bond donors (Lipinski definition) is 1. The van der Waals surface area contributed by atoms with Gasteiger partial charge in [0.1, 0.15) is 11.5 Å². The summed E-state index contributed by atoms with van der Waals surface area (Å²) in [6.45, 7) is 4.31. The molecule has 1 aliphatic rings. The Labute approximate surface area is 181 Å². The normalized spacial score (nSPS) is 14.0. The molecular weight excluding hydrogens is 391 g/mol. The fourth-order valence-electron chi connectivity index (χ4n) is 3.58. The minimum Gasteiger partial charge on any atom is -0.350 e. The lowest BCUT2D eigenvalue weighted by Crippen LogP contribution is -2.32. The van der Waals surface area contributed by atoms with Gasteiger partial charge in [0, 0.05) is 5.69 Å². The number of nitrogens with zero attached hydrogens (tertiary/aromatic N) is 1. The first-order chi connectivity index (χ1) is 14.9. The summed E-state index contributed by atoms with van der Waals surface area (Å²) in [5.74, 6) is -0.741. The minimum atomic E-state index is -0.402. The molecule has 5 heteroatoms. The number of halogens is 1. The number of carbonyl (C=O) groups is 2. The average molecular weight is 414 g/mol. The van der Waals surface area contributed by atoms with E-state index in [9.17, 15) is 14.0 Å². The number of hydrogen-bond acceptors (Lipinski definition) is 3. The van der Waals surface area contributed by atoms with Crippen LogP contribution in [0.2, 0.25) is 0 Å². The number of carbonyl (C=O) groups excluding carboxylic acids is 2. The number of benzene rings is 3. The summed E-state index contributed by atoms with van der Waals surface area (Å²) in [5.41, 5.74) is 3.85. The molecule has 0 bridgehead atoms. The van der Waals surface area contributed by atoms with Crippen LogP contribution in [-0.4, -0.2) is 16.7 Å². The van der Waals surface area contributed by atoms with Crippen LogP contribution in [-0.2, 0) is 16.1 Å². The zero-order chi connectivity index (χ0) is 22.0. The highest BCUT2D eigenvalue weighted by atomic mass is 19.1. The van der Waals surface area contributed by atoms with E-state index in [2.05, 4.69) is 19.2 Å². The maximum absolute atomic E-state index is 13.3. The van der Waals surface area contributed by atoms with E-state index in [0.29, 0.717) is 22.6 Å². The summed E-state index contributed by atoms with van der Waals surface area (Å²) in [6.07, 6.45) is 0. The van der Waals surface area contributed by atoms with Gasteiger partial charge < -0.3 is 5.32 Å². The standard InChI is InChI=1S/C26H23FN2O2/c1-17(2)19-10-14-22(15-11-19)28-24-23(20-6-4-3-5-7-20)25(30)29(26(24)31)16-18-8-12-21(27)13-9-18/h3-15,17,28H,16H2,1-2H3. The zero-order valence-corrected chi connectivity index (χ0v) is 17.4. The molecule has 0 radical (unpaired) electrons. The molecule has 0 unspecified atom stereocenters. The average Bonchev–Trinajstić information content (AvgIpc) is 3.00. The van der Waals surface area contributed by atoms with Crippen LogP contribution in [0.1, 0.15) is 36.5 Å². The van der Waals surface area contributed by atoms with E-state index in [4.69, 9.17) is 0 Å². The highest BCUT2D eigenvalue weighted by Crippen LogP contribution is 2.31. The Morgan fingerprint density at radius 1 is 0.839 bits per heavy atom. The first kappa shape index (κ1) is 20.5. The van der Waals surface area contributed by atoms with E-state index < -0.39 is 5.91 Å². The minimum absolute atomic E-state index is 0.0751. The summed E-state index contributed by atoms with van der Waals surface area (Å²) in [4.78, 5) is 27.7. The molecule has 3 aromatic carbocycles. The summed E-state index contributed by atoms with van der Waals surface area (Å²) in [5, 5.41) is 3.17. The van der Waals surface area contributed by atoms with Crippen LogP contribution < -0.4 is 5.32 Å². The molecule has 0 fully saturated rings. The third-order valence-corrected chi connectivity index (χ3v) is 5.33. The van der Waals surface area contributed by atoms with Crippen LogP contribution in [0.4, 0.5) is 10.1 Å². The van der Waals surface area contributed by atoms with Crippen molar-refractivity contribution in [1.29, 1.82) is 0 Å². The van der Waals surface area contributed by atoms with Crippen molar-refractivity contribution in [2.75, 3.05) is 5.32 Å². The molecule has 1 aliphatic heterocycles. The van der Waals surface area contributed by atoms with Crippen molar-refractivity contribution in [3.05, 3.63) is 107 Å². The van der Waals surface area contributed by atoms with Gasteiger partial charge in [-0.3, -0.25) is 14.5 Å². The predicted octanol–water partition coefficient (Wildman–Crippen LogP) is 5.34. The molecule has 3 aromatic rings. The topological polar surface area (TPSA) is 49.4 Å². The van der Waals surface area contributed by atoms with E-state index in [0.717, 1.165) is 5.69 Å². The second kappa shape index (κ2) is 8.56. The molecule has 2 amide bonds. The van der Waals surface area contributed by atoms with Gasteiger partial charge in [-0.05, 0) is 46.9 Å². The summed E-state index contributed by atoms with van der Waals surface area (Å²) >= 11 is 0. The summed E-state index contributed by atoms with van der Waals surface area (Å²) in [6, 6.07) is 22.8. The van der Waals surface area contributed by atoms with Crippen LogP contribution >= 0.6 is 0 Å². The van der Waals surface area contributed by atoms with E-state index in [1.165, 1.54) is 22.6 Å². The van der Waals surface area contributed by atoms with Gasteiger partial charge in [0.05, 0.1) is 12.1 Å². The van der Waals surface area contributed by atoms with Gasteiger partial charge in [-0.1, -0.05) is 68.4 Å². The molecule has 0 atom stereocenters. The first-order valence-corrected chi connectivity index (χ1v) is 10.2. The Morgan fingerprint density at radius 3 is 2.10 bits per heavy atom. The summed E-state index contributed by atoms with van der Waals surface area (Å²) < 4.78 is 13.3. The first-order valence-electron chi connectivity index (χ1n) is 10.2. The zero-order valence-electron chi connectivity index (χ0n) is 17.4. The quantitative estimate of drug-likeness (QED) is 0.554. The molecule has 0 aromatic heterocycles. The van der Waals surface area contributed by atoms with E-state index in [1.807, 2.05) is 54.6 Å². The van der Waals surface area contributed by atoms with Crippen molar-refractivity contribution in [2.24, 2.45) is 0 Å². The third-order valence-electron chi connectivity index (χ3n) is 5.33.